The third kappa shape index (κ3) is 4.32. The molecule has 27 heavy (non-hydrogen) atoms. The Morgan fingerprint density at radius 2 is 1.59 bits per heavy atom. The maximum Gasteiger partial charge on any atom is 0.219 e. The van der Waals surface area contributed by atoms with Crippen molar-refractivity contribution in [2.45, 2.75) is 76.3 Å². The summed E-state index contributed by atoms with van der Waals surface area (Å²) in [5.74, 6) is -0.840. The van der Waals surface area contributed by atoms with Crippen LogP contribution in [-0.4, -0.2) is 53.1 Å². The third-order valence-corrected chi connectivity index (χ3v) is 6.30. The van der Waals surface area contributed by atoms with Gasteiger partial charge in [0.15, 0.2) is 0 Å². The first-order valence-corrected chi connectivity index (χ1v) is 10.1. The molecule has 2 bridgehead atoms. The highest BCUT2D eigenvalue weighted by molar-refractivity contribution is 5.74. The zero-order valence-corrected chi connectivity index (χ0v) is 15.9. The topological polar surface area (TPSA) is 32.8 Å². The summed E-state index contributed by atoms with van der Waals surface area (Å²) in [7, 11) is 0. The van der Waals surface area contributed by atoms with Crippen LogP contribution < -0.4 is 0 Å². The molecule has 6 heteroatoms. The Hall–Kier alpha value is -1.53. The van der Waals surface area contributed by atoms with E-state index in [1.54, 1.807) is 6.92 Å². The van der Waals surface area contributed by atoms with Gasteiger partial charge in [-0.3, -0.25) is 9.69 Å². The zero-order valence-electron chi connectivity index (χ0n) is 15.9. The van der Waals surface area contributed by atoms with E-state index in [0.717, 1.165) is 57.7 Å². The van der Waals surface area contributed by atoms with Crippen molar-refractivity contribution in [2.75, 3.05) is 13.1 Å². The highest BCUT2D eigenvalue weighted by Crippen LogP contribution is 2.37. The van der Waals surface area contributed by atoms with Gasteiger partial charge in [0, 0.05) is 44.7 Å². The number of fused-ring (bicyclic) bond motifs is 2. The molecule has 3 saturated heterocycles. The number of rotatable bonds is 4. The summed E-state index contributed by atoms with van der Waals surface area (Å²) in [5, 5.41) is 0. The second-order valence-electron chi connectivity index (χ2n) is 8.29. The largest absolute Gasteiger partial charge is 0.375 e. The number of halogens is 2. The summed E-state index contributed by atoms with van der Waals surface area (Å²) in [5.41, 5.74) is 0.681. The van der Waals surface area contributed by atoms with Gasteiger partial charge in [-0.2, -0.15) is 0 Å². The average Bonchev–Trinajstić information content (AvgIpc) is 2.87. The van der Waals surface area contributed by atoms with Crippen molar-refractivity contribution < 1.29 is 18.3 Å². The van der Waals surface area contributed by atoms with Crippen LogP contribution in [0.5, 0.6) is 0 Å². The Kier molecular flexibility index (Phi) is 5.46. The van der Waals surface area contributed by atoms with Gasteiger partial charge in [-0.1, -0.05) is 0 Å². The second-order valence-corrected chi connectivity index (χ2v) is 8.29. The molecular weight excluding hydrogens is 350 g/mol. The average molecular weight is 378 g/mol. The van der Waals surface area contributed by atoms with E-state index in [-0.39, 0.29) is 18.1 Å². The lowest BCUT2D eigenvalue weighted by Crippen LogP contribution is -2.49. The summed E-state index contributed by atoms with van der Waals surface area (Å²) in [6.07, 6.45) is 6.52. The molecule has 2 atom stereocenters. The molecule has 1 aromatic carbocycles. The molecule has 3 aliphatic heterocycles. The second kappa shape index (κ2) is 7.84. The monoisotopic (exact) mass is 378 g/mol. The van der Waals surface area contributed by atoms with Gasteiger partial charge in [0.2, 0.25) is 5.91 Å². The minimum atomic E-state index is -0.519. The van der Waals surface area contributed by atoms with Crippen molar-refractivity contribution in [2.24, 2.45) is 0 Å². The van der Waals surface area contributed by atoms with Crippen LogP contribution in [0.15, 0.2) is 18.2 Å². The molecule has 4 rings (SSSR count). The Balaban J connectivity index is 1.25. The normalized spacial score (nSPS) is 29.3. The number of likely N-dealkylation sites (tertiary alicyclic amines) is 1. The van der Waals surface area contributed by atoms with Crippen LogP contribution in [0, 0.1) is 11.6 Å². The number of nitrogens with zero attached hydrogens (tertiary/aromatic N) is 2. The fourth-order valence-electron chi connectivity index (χ4n) is 5.19. The van der Waals surface area contributed by atoms with Crippen LogP contribution in [0.2, 0.25) is 0 Å². The smallest absolute Gasteiger partial charge is 0.219 e. The van der Waals surface area contributed by atoms with Crippen molar-refractivity contribution in [3.63, 3.8) is 0 Å². The third-order valence-electron chi connectivity index (χ3n) is 6.30. The van der Waals surface area contributed by atoms with Crippen molar-refractivity contribution in [1.82, 2.24) is 9.80 Å². The lowest BCUT2D eigenvalue weighted by Gasteiger charge is -2.41. The molecule has 0 aliphatic carbocycles. The molecule has 3 aliphatic rings. The molecule has 3 fully saturated rings. The maximum absolute atomic E-state index is 13.3. The number of amides is 1. The molecule has 1 amide bonds. The predicted molar refractivity (Wildman–Crippen MR) is 98.1 cm³/mol. The molecule has 1 aromatic rings. The highest BCUT2D eigenvalue weighted by Gasteiger charge is 2.43. The number of carbonyl (C=O) groups excluding carboxylic acids is 1. The maximum atomic E-state index is 13.3. The first-order chi connectivity index (χ1) is 13.0. The Bertz CT molecular complexity index is 657. The van der Waals surface area contributed by atoms with E-state index in [4.69, 9.17) is 4.74 Å². The van der Waals surface area contributed by atoms with Crippen molar-refractivity contribution in [3.05, 3.63) is 35.4 Å². The molecule has 148 valence electrons. The predicted octanol–water partition coefficient (Wildman–Crippen LogP) is 3.49. The summed E-state index contributed by atoms with van der Waals surface area (Å²) >= 11 is 0. The first kappa shape index (κ1) is 18.8. The Morgan fingerprint density at radius 1 is 1.00 bits per heavy atom. The molecular formula is C21H28F2N2O2. The molecule has 0 aromatic heterocycles. The minimum absolute atomic E-state index is 0.197. The van der Waals surface area contributed by atoms with Gasteiger partial charge in [-0.15, -0.1) is 0 Å². The van der Waals surface area contributed by atoms with Crippen LogP contribution in [0.1, 0.15) is 51.0 Å². The van der Waals surface area contributed by atoms with Gasteiger partial charge in [-0.25, -0.2) is 8.78 Å². The highest BCUT2D eigenvalue weighted by atomic mass is 19.1. The molecule has 0 saturated carbocycles. The Morgan fingerprint density at radius 3 is 2.15 bits per heavy atom. The summed E-state index contributed by atoms with van der Waals surface area (Å²) < 4.78 is 33.1. The molecule has 0 radical (unpaired) electrons. The summed E-state index contributed by atoms with van der Waals surface area (Å²) in [6.45, 7) is 4.00. The Labute approximate surface area is 159 Å². The molecule has 2 unspecified atom stereocenters. The quantitative estimate of drug-likeness (QED) is 0.804. The van der Waals surface area contributed by atoms with E-state index >= 15 is 0 Å². The van der Waals surface area contributed by atoms with E-state index in [1.165, 1.54) is 12.1 Å². The molecule has 4 nitrogen and oxygen atoms in total. The van der Waals surface area contributed by atoms with E-state index in [2.05, 4.69) is 9.80 Å². The number of benzene rings is 1. The van der Waals surface area contributed by atoms with Crippen molar-refractivity contribution in [3.8, 4) is 0 Å². The van der Waals surface area contributed by atoms with Gasteiger partial charge >= 0.3 is 0 Å². The van der Waals surface area contributed by atoms with Crippen molar-refractivity contribution in [1.29, 1.82) is 0 Å². The minimum Gasteiger partial charge on any atom is -0.375 e. The molecule has 0 spiro atoms. The molecule has 0 N–H and O–H groups in total. The number of hydrogen-bond donors (Lipinski definition) is 0. The lowest BCUT2D eigenvalue weighted by atomic mass is 9.98. The number of carbonyl (C=O) groups is 1. The molecule has 3 heterocycles. The van der Waals surface area contributed by atoms with E-state index in [0.29, 0.717) is 24.2 Å². The van der Waals surface area contributed by atoms with Crippen LogP contribution in [0.4, 0.5) is 8.78 Å². The van der Waals surface area contributed by atoms with Gasteiger partial charge in [0.25, 0.3) is 0 Å². The number of ether oxygens (including phenoxy) is 1. The SMILES string of the molecule is CC(=O)N1C2CCC1CC(OC1CCN(Cc3cc(F)cc(F)c3)CC1)C2. The van der Waals surface area contributed by atoms with Gasteiger partial charge in [-0.05, 0) is 56.2 Å². The van der Waals surface area contributed by atoms with E-state index in [1.807, 2.05) is 0 Å². The first-order valence-electron chi connectivity index (χ1n) is 10.1. The number of hydrogen-bond acceptors (Lipinski definition) is 3. The number of piperidine rings is 2. The van der Waals surface area contributed by atoms with Crippen LogP contribution in [0.3, 0.4) is 0 Å². The fraction of sp³-hybridized carbons (Fsp3) is 0.667. The van der Waals surface area contributed by atoms with Gasteiger partial charge in [0.05, 0.1) is 12.2 Å². The van der Waals surface area contributed by atoms with Crippen LogP contribution in [0.25, 0.3) is 0 Å². The lowest BCUT2D eigenvalue weighted by molar-refractivity contribution is -0.138. The van der Waals surface area contributed by atoms with E-state index in [9.17, 15) is 13.6 Å². The van der Waals surface area contributed by atoms with E-state index < -0.39 is 11.6 Å². The summed E-state index contributed by atoms with van der Waals surface area (Å²) in [4.78, 5) is 16.1. The van der Waals surface area contributed by atoms with Gasteiger partial charge < -0.3 is 9.64 Å². The van der Waals surface area contributed by atoms with Crippen LogP contribution >= 0.6 is 0 Å². The summed E-state index contributed by atoms with van der Waals surface area (Å²) in [6, 6.07) is 4.44. The van der Waals surface area contributed by atoms with Crippen LogP contribution in [-0.2, 0) is 16.1 Å². The van der Waals surface area contributed by atoms with Gasteiger partial charge in [0.1, 0.15) is 11.6 Å². The fourth-order valence-corrected chi connectivity index (χ4v) is 5.19. The standard InChI is InChI=1S/C21H28F2N2O2/c1-14(26)25-18-2-3-19(25)12-21(11-18)27-20-4-6-24(7-5-20)13-15-8-16(22)10-17(23)9-15/h8-10,18-21H,2-7,11-13H2,1H3. The zero-order chi connectivity index (χ0) is 19.0. The van der Waals surface area contributed by atoms with Crippen molar-refractivity contribution >= 4 is 5.91 Å².